The topological polar surface area (TPSA) is 54.3 Å². The van der Waals surface area contributed by atoms with Gasteiger partial charge in [-0.3, -0.25) is 14.4 Å². The standard InChI is InChI=1S/C19H24FN5OS/c1-5-24(6-2)9-10-25(18(26)16-11-13(3)22-23(16)4)19-21-15-8-7-14(20)12-17(15)27-19/h7-8,11-12H,5-6,9-10H2,1-4H3. The van der Waals surface area contributed by atoms with E-state index in [2.05, 4.69) is 28.8 Å². The van der Waals surface area contributed by atoms with Gasteiger partial charge >= 0.3 is 0 Å². The number of rotatable bonds is 7. The van der Waals surface area contributed by atoms with Crippen LogP contribution in [0.25, 0.3) is 10.2 Å². The summed E-state index contributed by atoms with van der Waals surface area (Å²) in [4.78, 5) is 21.8. The lowest BCUT2D eigenvalue weighted by atomic mass is 10.3. The summed E-state index contributed by atoms with van der Waals surface area (Å²) in [6.45, 7) is 9.12. The minimum Gasteiger partial charge on any atom is -0.302 e. The number of anilines is 1. The number of hydrogen-bond acceptors (Lipinski definition) is 5. The van der Waals surface area contributed by atoms with Gasteiger partial charge in [-0.25, -0.2) is 9.37 Å². The summed E-state index contributed by atoms with van der Waals surface area (Å²) in [5, 5.41) is 4.86. The van der Waals surface area contributed by atoms with Crippen molar-refractivity contribution in [2.45, 2.75) is 20.8 Å². The van der Waals surface area contributed by atoms with Crippen LogP contribution in [0.3, 0.4) is 0 Å². The molecule has 144 valence electrons. The van der Waals surface area contributed by atoms with E-state index < -0.39 is 0 Å². The normalized spacial score (nSPS) is 11.5. The van der Waals surface area contributed by atoms with E-state index in [1.807, 2.05) is 6.92 Å². The number of likely N-dealkylation sites (N-methyl/N-ethyl adjacent to an activating group) is 1. The minimum absolute atomic E-state index is 0.148. The maximum Gasteiger partial charge on any atom is 0.278 e. The molecule has 0 spiro atoms. The number of hydrogen-bond donors (Lipinski definition) is 0. The highest BCUT2D eigenvalue weighted by Crippen LogP contribution is 2.30. The molecule has 0 saturated heterocycles. The third-order valence-electron chi connectivity index (χ3n) is 4.57. The van der Waals surface area contributed by atoms with Crippen molar-refractivity contribution in [1.82, 2.24) is 19.7 Å². The molecule has 2 heterocycles. The zero-order valence-electron chi connectivity index (χ0n) is 16.1. The van der Waals surface area contributed by atoms with Crippen molar-refractivity contribution in [3.8, 4) is 0 Å². The summed E-state index contributed by atoms with van der Waals surface area (Å²) < 4.78 is 15.9. The van der Waals surface area contributed by atoms with Gasteiger partial charge in [0.05, 0.1) is 15.9 Å². The summed E-state index contributed by atoms with van der Waals surface area (Å²) in [6.07, 6.45) is 0. The lowest BCUT2D eigenvalue weighted by Gasteiger charge is -2.24. The molecule has 0 bridgehead atoms. The Balaban J connectivity index is 1.97. The van der Waals surface area contributed by atoms with Crippen LogP contribution in [-0.4, -0.2) is 51.8 Å². The first-order valence-electron chi connectivity index (χ1n) is 9.03. The van der Waals surface area contributed by atoms with Crippen molar-refractivity contribution in [1.29, 1.82) is 0 Å². The summed E-state index contributed by atoms with van der Waals surface area (Å²) in [7, 11) is 1.76. The van der Waals surface area contributed by atoms with E-state index in [9.17, 15) is 9.18 Å². The van der Waals surface area contributed by atoms with Gasteiger partial charge in [0.15, 0.2) is 5.13 Å². The van der Waals surface area contributed by atoms with E-state index in [1.165, 1.54) is 23.5 Å². The zero-order chi connectivity index (χ0) is 19.6. The highest BCUT2D eigenvalue weighted by atomic mass is 32.1. The quantitative estimate of drug-likeness (QED) is 0.621. The number of carbonyl (C=O) groups excluding carboxylic acids is 1. The van der Waals surface area contributed by atoms with Gasteiger partial charge in [-0.1, -0.05) is 25.2 Å². The van der Waals surface area contributed by atoms with E-state index in [0.29, 0.717) is 22.9 Å². The fraction of sp³-hybridized carbons (Fsp3) is 0.421. The molecule has 1 amide bonds. The van der Waals surface area contributed by atoms with Crippen LogP contribution in [0.5, 0.6) is 0 Å². The summed E-state index contributed by atoms with van der Waals surface area (Å²) >= 11 is 1.33. The second-order valence-electron chi connectivity index (χ2n) is 6.39. The van der Waals surface area contributed by atoms with Crippen molar-refractivity contribution in [2.24, 2.45) is 7.05 Å². The van der Waals surface area contributed by atoms with E-state index in [4.69, 9.17) is 0 Å². The minimum atomic E-state index is -0.305. The molecule has 2 aromatic heterocycles. The zero-order valence-corrected chi connectivity index (χ0v) is 16.9. The molecular formula is C19H24FN5OS. The maximum atomic E-state index is 13.6. The lowest BCUT2D eigenvalue weighted by molar-refractivity contribution is 0.0974. The second kappa shape index (κ2) is 8.14. The second-order valence-corrected chi connectivity index (χ2v) is 7.40. The number of halogens is 1. The van der Waals surface area contributed by atoms with Crippen LogP contribution in [0.2, 0.25) is 0 Å². The first-order chi connectivity index (χ1) is 12.9. The van der Waals surface area contributed by atoms with Crippen LogP contribution in [0.1, 0.15) is 30.0 Å². The van der Waals surface area contributed by atoms with Gasteiger partial charge < -0.3 is 4.90 Å². The number of aromatic nitrogens is 3. The van der Waals surface area contributed by atoms with E-state index >= 15 is 0 Å². The fourth-order valence-corrected chi connectivity index (χ4v) is 4.03. The molecule has 6 nitrogen and oxygen atoms in total. The van der Waals surface area contributed by atoms with Gasteiger partial charge in [0.2, 0.25) is 0 Å². The van der Waals surface area contributed by atoms with Crippen molar-refractivity contribution < 1.29 is 9.18 Å². The molecule has 0 fully saturated rings. The largest absolute Gasteiger partial charge is 0.302 e. The molecule has 3 aromatic rings. The molecule has 0 unspecified atom stereocenters. The highest BCUT2D eigenvalue weighted by molar-refractivity contribution is 7.22. The number of carbonyl (C=O) groups is 1. The van der Waals surface area contributed by atoms with Gasteiger partial charge in [-0.15, -0.1) is 0 Å². The van der Waals surface area contributed by atoms with Crippen molar-refractivity contribution >= 4 is 32.6 Å². The Hall–Kier alpha value is -2.32. The molecule has 0 aliphatic rings. The molecule has 0 N–H and O–H groups in total. The van der Waals surface area contributed by atoms with Crippen LogP contribution < -0.4 is 4.90 Å². The molecule has 1 aromatic carbocycles. The molecule has 27 heavy (non-hydrogen) atoms. The Morgan fingerprint density at radius 2 is 1.96 bits per heavy atom. The van der Waals surface area contributed by atoms with Gasteiger partial charge in [-0.05, 0) is 44.3 Å². The number of fused-ring (bicyclic) bond motifs is 1. The number of amides is 1. The molecule has 0 atom stereocenters. The maximum absolute atomic E-state index is 13.6. The molecule has 8 heteroatoms. The molecule has 0 aliphatic carbocycles. The monoisotopic (exact) mass is 389 g/mol. The Morgan fingerprint density at radius 1 is 1.22 bits per heavy atom. The summed E-state index contributed by atoms with van der Waals surface area (Å²) in [5.74, 6) is -0.453. The van der Waals surface area contributed by atoms with Crippen LogP contribution in [0, 0.1) is 12.7 Å². The first kappa shape index (κ1) is 19.4. The van der Waals surface area contributed by atoms with E-state index in [0.717, 1.165) is 30.0 Å². The molecular weight excluding hydrogens is 365 g/mol. The summed E-state index contributed by atoms with van der Waals surface area (Å²) in [6, 6.07) is 6.27. The Morgan fingerprint density at radius 3 is 2.59 bits per heavy atom. The third-order valence-corrected chi connectivity index (χ3v) is 5.61. The van der Waals surface area contributed by atoms with Crippen LogP contribution in [0.15, 0.2) is 24.3 Å². The van der Waals surface area contributed by atoms with Crippen molar-refractivity contribution in [2.75, 3.05) is 31.1 Å². The predicted octanol–water partition coefficient (Wildman–Crippen LogP) is 3.47. The summed E-state index contributed by atoms with van der Waals surface area (Å²) in [5.41, 5.74) is 1.99. The van der Waals surface area contributed by atoms with Crippen LogP contribution in [0.4, 0.5) is 9.52 Å². The molecule has 0 aliphatic heterocycles. The van der Waals surface area contributed by atoms with Crippen molar-refractivity contribution in [3.63, 3.8) is 0 Å². The van der Waals surface area contributed by atoms with Gasteiger partial charge in [0.25, 0.3) is 5.91 Å². The molecule has 0 radical (unpaired) electrons. The number of nitrogens with zero attached hydrogens (tertiary/aromatic N) is 5. The first-order valence-corrected chi connectivity index (χ1v) is 9.85. The average Bonchev–Trinajstić information content (AvgIpc) is 3.20. The third kappa shape index (κ3) is 4.17. The van der Waals surface area contributed by atoms with Crippen LogP contribution in [-0.2, 0) is 7.05 Å². The predicted molar refractivity (Wildman–Crippen MR) is 107 cm³/mol. The fourth-order valence-electron chi connectivity index (χ4n) is 3.02. The average molecular weight is 390 g/mol. The van der Waals surface area contributed by atoms with E-state index in [-0.39, 0.29) is 11.7 Å². The van der Waals surface area contributed by atoms with Gasteiger partial charge in [-0.2, -0.15) is 5.10 Å². The Bertz CT molecular complexity index is 947. The SMILES string of the molecule is CCN(CC)CCN(C(=O)c1cc(C)nn1C)c1nc2ccc(F)cc2s1. The van der Waals surface area contributed by atoms with Crippen LogP contribution >= 0.6 is 11.3 Å². The smallest absolute Gasteiger partial charge is 0.278 e. The van der Waals surface area contributed by atoms with E-state index in [1.54, 1.807) is 28.8 Å². The lowest BCUT2D eigenvalue weighted by Crippen LogP contribution is -2.39. The Labute approximate surface area is 162 Å². The highest BCUT2D eigenvalue weighted by Gasteiger charge is 2.24. The van der Waals surface area contributed by atoms with Crippen molar-refractivity contribution in [3.05, 3.63) is 41.5 Å². The Kier molecular flexibility index (Phi) is 5.86. The number of aryl methyl sites for hydroxylation is 2. The number of benzene rings is 1. The van der Waals surface area contributed by atoms with Gasteiger partial charge in [0.1, 0.15) is 11.5 Å². The number of thiazole rings is 1. The van der Waals surface area contributed by atoms with Gasteiger partial charge in [0, 0.05) is 20.1 Å². The molecule has 0 saturated carbocycles. The molecule has 3 rings (SSSR count).